The monoisotopic (exact) mass is 311 g/mol. The fraction of sp³-hybridized carbons (Fsp3) is 0.500. The number of rotatable bonds is 0. The third-order valence-electron chi connectivity index (χ3n) is 7.08. The Labute approximate surface area is 133 Å². The summed E-state index contributed by atoms with van der Waals surface area (Å²) in [5, 5.41) is 22.0. The molecule has 6 rings (SSSR count). The molecule has 0 aromatic heterocycles. The maximum Gasteiger partial charge on any atom is 0.197 e. The molecule has 0 radical (unpaired) electrons. The first-order chi connectivity index (χ1) is 11.0. The number of hydrogen-bond donors (Lipinski definition) is 2. The van der Waals surface area contributed by atoms with Gasteiger partial charge in [-0.25, -0.2) is 0 Å². The number of carbonyl (C=O) groups is 1. The minimum absolute atomic E-state index is 0.0107. The lowest BCUT2D eigenvalue weighted by atomic mass is 9.55. The number of likely N-dealkylation sites (tertiary alicyclic amines) is 1. The molecule has 1 aromatic carbocycles. The van der Waals surface area contributed by atoms with Crippen LogP contribution < -0.4 is 4.74 Å². The molecule has 5 nitrogen and oxygen atoms in total. The summed E-state index contributed by atoms with van der Waals surface area (Å²) >= 11 is 0. The van der Waals surface area contributed by atoms with Crippen LogP contribution >= 0.6 is 0 Å². The smallest absolute Gasteiger partial charge is 0.197 e. The molecule has 1 spiro atoms. The van der Waals surface area contributed by atoms with E-state index in [1.54, 1.807) is 12.1 Å². The second-order valence-electron chi connectivity index (χ2n) is 7.73. The summed E-state index contributed by atoms with van der Waals surface area (Å²) in [5.74, 6) is 0.868. The average Bonchev–Trinajstić information content (AvgIpc) is 3.08. The van der Waals surface area contributed by atoms with Gasteiger partial charge in [0.2, 0.25) is 0 Å². The van der Waals surface area contributed by atoms with Gasteiger partial charge in [0, 0.05) is 18.2 Å². The number of aliphatic hydroxyl groups is 1. The normalized spacial score (nSPS) is 47.8. The van der Waals surface area contributed by atoms with Crippen molar-refractivity contribution in [2.24, 2.45) is 11.8 Å². The number of carbonyl (C=O) groups excluding carboxylic acids is 1. The summed E-state index contributed by atoms with van der Waals surface area (Å²) in [6.07, 6.45) is 3.33. The number of ether oxygens (including phenoxy) is 1. The predicted molar refractivity (Wildman–Crippen MR) is 80.4 cm³/mol. The first-order valence-electron chi connectivity index (χ1n) is 8.18. The van der Waals surface area contributed by atoms with Gasteiger partial charge in [0.25, 0.3) is 0 Å². The van der Waals surface area contributed by atoms with Gasteiger partial charge in [-0.15, -0.1) is 0 Å². The van der Waals surface area contributed by atoms with Gasteiger partial charge in [-0.1, -0.05) is 6.07 Å². The van der Waals surface area contributed by atoms with E-state index in [0.29, 0.717) is 11.7 Å². The predicted octanol–water partition coefficient (Wildman–Crippen LogP) is 0.377. The molecule has 2 N–H and O–H groups in total. The van der Waals surface area contributed by atoms with Crippen molar-refractivity contribution in [3.63, 3.8) is 0 Å². The lowest BCUT2D eigenvalue weighted by Crippen LogP contribution is -2.69. The number of phenols is 1. The van der Waals surface area contributed by atoms with Crippen LogP contribution in [0.25, 0.3) is 0 Å². The molecule has 4 bridgehead atoms. The highest BCUT2D eigenvalue weighted by Gasteiger charge is 2.81. The number of likely N-dealkylation sites (N-methyl/N-ethyl adjacent to an activating group) is 1. The van der Waals surface area contributed by atoms with Crippen LogP contribution in [0.4, 0.5) is 0 Å². The van der Waals surface area contributed by atoms with E-state index in [2.05, 4.69) is 4.90 Å². The van der Waals surface area contributed by atoms with Crippen molar-refractivity contribution in [3.8, 4) is 11.5 Å². The molecular weight excluding hydrogens is 294 g/mol. The van der Waals surface area contributed by atoms with E-state index >= 15 is 0 Å². The van der Waals surface area contributed by atoms with Crippen LogP contribution in [0, 0.1) is 11.8 Å². The summed E-state index contributed by atoms with van der Waals surface area (Å²) < 4.78 is 5.99. The molecule has 1 aromatic rings. The SMILES string of the molecule is CN1CC2C3Cc4ccc(O)c5c4[C@]24[C@@H](O5)C(=O)C=C[C@@]4(O)[C@@H]31. The zero-order valence-electron chi connectivity index (χ0n) is 12.7. The number of phenolic OH excluding ortho intramolecular Hbond substituents is 1. The molecule has 1 saturated heterocycles. The molecule has 2 fully saturated rings. The van der Waals surface area contributed by atoms with E-state index in [1.165, 1.54) is 6.08 Å². The Bertz CT molecular complexity index is 833. The van der Waals surface area contributed by atoms with Gasteiger partial charge >= 0.3 is 0 Å². The highest BCUT2D eigenvalue weighted by molar-refractivity contribution is 5.99. The van der Waals surface area contributed by atoms with Crippen molar-refractivity contribution in [1.29, 1.82) is 0 Å². The van der Waals surface area contributed by atoms with Crippen LogP contribution in [0.2, 0.25) is 0 Å². The molecule has 0 amide bonds. The minimum Gasteiger partial charge on any atom is -0.504 e. The van der Waals surface area contributed by atoms with Crippen LogP contribution in [-0.4, -0.2) is 52.2 Å². The van der Waals surface area contributed by atoms with Crippen LogP contribution in [0.1, 0.15) is 11.1 Å². The van der Waals surface area contributed by atoms with Crippen molar-refractivity contribution >= 4 is 5.78 Å². The van der Waals surface area contributed by atoms with Gasteiger partial charge in [-0.2, -0.15) is 0 Å². The minimum atomic E-state index is -1.11. The number of hydrogen-bond acceptors (Lipinski definition) is 5. The van der Waals surface area contributed by atoms with Crippen molar-refractivity contribution in [2.75, 3.05) is 13.6 Å². The van der Waals surface area contributed by atoms with Gasteiger partial charge in [-0.3, -0.25) is 9.69 Å². The molecule has 118 valence electrons. The van der Waals surface area contributed by atoms with E-state index in [4.69, 9.17) is 4.74 Å². The van der Waals surface area contributed by atoms with E-state index in [-0.39, 0.29) is 23.5 Å². The molecule has 2 heterocycles. The number of aromatic hydroxyl groups is 1. The van der Waals surface area contributed by atoms with Crippen molar-refractivity contribution in [3.05, 3.63) is 35.4 Å². The van der Waals surface area contributed by atoms with Gasteiger partial charge < -0.3 is 14.9 Å². The van der Waals surface area contributed by atoms with Crippen LogP contribution in [0.15, 0.2) is 24.3 Å². The van der Waals surface area contributed by atoms with E-state index in [1.807, 2.05) is 13.1 Å². The topological polar surface area (TPSA) is 70.0 Å². The molecular formula is C18H17NO4. The summed E-state index contributed by atoms with van der Waals surface area (Å²) in [6.45, 7) is 0.854. The second kappa shape index (κ2) is 3.32. The maximum atomic E-state index is 12.6. The standard InChI is InChI=1S/C18H17NO4/c1-19-7-10-9-6-8-2-3-11(20)14-13(8)18(10)16(23-14)12(21)4-5-17(18,22)15(9)19/h2-5,9-10,15-16,20,22H,6-7H2,1H3/t9?,10?,15-,16+,17-,18+/m1/s1. The van der Waals surface area contributed by atoms with Crippen molar-refractivity contribution in [1.82, 2.24) is 4.90 Å². The lowest BCUT2D eigenvalue weighted by molar-refractivity contribution is -0.139. The maximum absolute atomic E-state index is 12.6. The molecule has 2 unspecified atom stereocenters. The number of piperidine rings is 1. The zero-order valence-corrected chi connectivity index (χ0v) is 12.7. The van der Waals surface area contributed by atoms with Crippen LogP contribution in [0.3, 0.4) is 0 Å². The van der Waals surface area contributed by atoms with Crippen LogP contribution in [-0.2, 0) is 16.6 Å². The summed E-state index contributed by atoms with van der Waals surface area (Å²) in [5.41, 5.74) is 0.154. The quantitative estimate of drug-likeness (QED) is 0.725. The number of fused-ring (bicyclic) bond motifs is 1. The van der Waals surface area contributed by atoms with Crippen molar-refractivity contribution in [2.45, 2.75) is 29.6 Å². The molecule has 5 heteroatoms. The Kier molecular flexibility index (Phi) is 1.81. The lowest BCUT2D eigenvalue weighted by Gasteiger charge is -2.52. The Morgan fingerprint density at radius 3 is 3.04 bits per heavy atom. The molecule has 2 aliphatic heterocycles. The Morgan fingerprint density at radius 1 is 1.39 bits per heavy atom. The Balaban J connectivity index is 1.78. The van der Waals surface area contributed by atoms with Gasteiger partial charge in [-0.05, 0) is 49.1 Å². The summed E-state index contributed by atoms with van der Waals surface area (Å²) in [7, 11) is 2.05. The number of benzene rings is 1. The third-order valence-corrected chi connectivity index (χ3v) is 7.08. The summed E-state index contributed by atoms with van der Waals surface area (Å²) in [6, 6.07) is 3.57. The largest absolute Gasteiger partial charge is 0.504 e. The molecule has 23 heavy (non-hydrogen) atoms. The first kappa shape index (κ1) is 12.6. The highest BCUT2D eigenvalue weighted by Crippen LogP contribution is 2.72. The highest BCUT2D eigenvalue weighted by atomic mass is 16.5. The van der Waals surface area contributed by atoms with Crippen LogP contribution in [0.5, 0.6) is 11.5 Å². The van der Waals surface area contributed by atoms with E-state index in [0.717, 1.165) is 24.1 Å². The Hall–Kier alpha value is -1.85. The molecule has 1 saturated carbocycles. The van der Waals surface area contributed by atoms with Gasteiger partial charge in [0.1, 0.15) is 5.60 Å². The van der Waals surface area contributed by atoms with Crippen molar-refractivity contribution < 1.29 is 19.7 Å². The zero-order chi connectivity index (χ0) is 15.7. The van der Waals surface area contributed by atoms with Gasteiger partial charge in [0.15, 0.2) is 23.4 Å². The number of ketones is 1. The molecule has 3 aliphatic carbocycles. The Morgan fingerprint density at radius 2 is 2.22 bits per heavy atom. The number of nitrogens with zero attached hydrogens (tertiary/aromatic N) is 1. The fourth-order valence-electron chi connectivity index (χ4n) is 6.60. The second-order valence-corrected chi connectivity index (χ2v) is 7.73. The molecule has 6 atom stereocenters. The third kappa shape index (κ3) is 0.984. The molecule has 5 aliphatic rings. The first-order valence-corrected chi connectivity index (χ1v) is 8.18. The average molecular weight is 311 g/mol. The fourth-order valence-corrected chi connectivity index (χ4v) is 6.60. The summed E-state index contributed by atoms with van der Waals surface area (Å²) in [4.78, 5) is 14.8. The van der Waals surface area contributed by atoms with E-state index in [9.17, 15) is 15.0 Å². The van der Waals surface area contributed by atoms with E-state index < -0.39 is 17.1 Å². The van der Waals surface area contributed by atoms with Gasteiger partial charge in [0.05, 0.1) is 5.41 Å².